The zero-order valence-corrected chi connectivity index (χ0v) is 16.5. The molecule has 0 atom stereocenters. The van der Waals surface area contributed by atoms with Crippen molar-refractivity contribution in [3.63, 3.8) is 0 Å². The van der Waals surface area contributed by atoms with Gasteiger partial charge in [-0.25, -0.2) is 0 Å². The quantitative estimate of drug-likeness (QED) is 0.710. The van der Waals surface area contributed by atoms with E-state index in [1.165, 1.54) is 0 Å². The Balaban J connectivity index is 1.28. The molecule has 0 radical (unpaired) electrons. The van der Waals surface area contributed by atoms with Crippen molar-refractivity contribution in [2.45, 2.75) is 12.8 Å². The number of likely N-dealkylation sites (tertiary alicyclic amines) is 1. The van der Waals surface area contributed by atoms with Crippen LogP contribution in [0.2, 0.25) is 0 Å². The molecule has 0 saturated carbocycles. The van der Waals surface area contributed by atoms with Crippen LogP contribution in [-0.2, 0) is 4.79 Å². The van der Waals surface area contributed by atoms with Crippen LogP contribution in [0.25, 0.3) is 0 Å². The highest BCUT2D eigenvalue weighted by Crippen LogP contribution is 2.32. The molecule has 2 heterocycles. The van der Waals surface area contributed by atoms with E-state index in [2.05, 4.69) is 0 Å². The van der Waals surface area contributed by atoms with Gasteiger partial charge in [0.2, 0.25) is 0 Å². The molecule has 2 aromatic carbocycles. The van der Waals surface area contributed by atoms with Gasteiger partial charge in [-0.05, 0) is 55.3 Å². The van der Waals surface area contributed by atoms with Crippen molar-refractivity contribution in [3.8, 4) is 23.3 Å². The molecular formula is C23H22N2O5. The Labute approximate surface area is 174 Å². The Bertz CT molecular complexity index is 972. The van der Waals surface area contributed by atoms with E-state index >= 15 is 0 Å². The molecule has 0 bridgehead atoms. The SMILES string of the molecule is N#Cc1ccc(OCC(=O)N2CCC(C(=O)c3ccc4c(c3)OCCO4)CC2)cc1. The number of benzene rings is 2. The van der Waals surface area contributed by atoms with Crippen LogP contribution in [-0.4, -0.2) is 49.5 Å². The molecule has 0 aliphatic carbocycles. The number of nitriles is 1. The number of ether oxygens (including phenoxy) is 3. The first kappa shape index (κ1) is 19.8. The third-order valence-electron chi connectivity index (χ3n) is 5.39. The van der Waals surface area contributed by atoms with Crippen LogP contribution in [0, 0.1) is 17.2 Å². The Kier molecular flexibility index (Phi) is 5.84. The monoisotopic (exact) mass is 406 g/mol. The molecule has 0 unspecified atom stereocenters. The standard InChI is InChI=1S/C23H22N2O5/c24-14-16-1-4-19(5-2-16)30-15-22(26)25-9-7-17(8-10-25)23(27)18-3-6-20-21(13-18)29-12-11-28-20/h1-6,13,17H,7-12,15H2. The average Bonchev–Trinajstić information content (AvgIpc) is 2.82. The first-order chi connectivity index (χ1) is 14.6. The Morgan fingerprint density at radius 2 is 1.73 bits per heavy atom. The average molecular weight is 406 g/mol. The maximum Gasteiger partial charge on any atom is 0.260 e. The number of piperidine rings is 1. The molecule has 7 nitrogen and oxygen atoms in total. The molecular weight excluding hydrogens is 384 g/mol. The smallest absolute Gasteiger partial charge is 0.260 e. The van der Waals surface area contributed by atoms with E-state index in [4.69, 9.17) is 19.5 Å². The van der Waals surface area contributed by atoms with Crippen LogP contribution in [0.3, 0.4) is 0 Å². The van der Waals surface area contributed by atoms with E-state index in [-0.39, 0.29) is 24.2 Å². The number of Topliss-reactive ketones (excluding diaryl/α,β-unsaturated/α-hetero) is 1. The van der Waals surface area contributed by atoms with E-state index in [1.807, 2.05) is 6.07 Å². The van der Waals surface area contributed by atoms with Crippen LogP contribution < -0.4 is 14.2 Å². The zero-order chi connectivity index (χ0) is 20.9. The summed E-state index contributed by atoms with van der Waals surface area (Å²) in [7, 11) is 0. The molecule has 30 heavy (non-hydrogen) atoms. The fourth-order valence-electron chi connectivity index (χ4n) is 3.69. The van der Waals surface area contributed by atoms with Crippen LogP contribution in [0.4, 0.5) is 0 Å². The van der Waals surface area contributed by atoms with E-state index in [0.29, 0.717) is 67.5 Å². The van der Waals surface area contributed by atoms with Gasteiger partial charge in [0.15, 0.2) is 23.9 Å². The Morgan fingerprint density at radius 3 is 2.43 bits per heavy atom. The van der Waals surface area contributed by atoms with Crippen LogP contribution in [0.5, 0.6) is 17.2 Å². The molecule has 2 aliphatic rings. The van der Waals surface area contributed by atoms with Gasteiger partial charge < -0.3 is 19.1 Å². The number of carbonyl (C=O) groups excluding carboxylic acids is 2. The highest BCUT2D eigenvalue weighted by atomic mass is 16.6. The Hall–Kier alpha value is -3.53. The fraction of sp³-hybridized carbons (Fsp3) is 0.348. The molecule has 0 spiro atoms. The van der Waals surface area contributed by atoms with Crippen molar-refractivity contribution < 1.29 is 23.8 Å². The summed E-state index contributed by atoms with van der Waals surface area (Å²) < 4.78 is 16.6. The van der Waals surface area contributed by atoms with Crippen molar-refractivity contribution in [1.29, 1.82) is 5.26 Å². The summed E-state index contributed by atoms with van der Waals surface area (Å²) in [5.74, 6) is 1.68. The first-order valence-corrected chi connectivity index (χ1v) is 9.98. The number of carbonyl (C=O) groups is 2. The molecule has 1 saturated heterocycles. The summed E-state index contributed by atoms with van der Waals surface area (Å²) in [6.45, 7) is 1.98. The molecule has 7 heteroatoms. The highest BCUT2D eigenvalue weighted by molar-refractivity contribution is 5.98. The molecule has 1 amide bonds. The molecule has 2 aromatic rings. The van der Waals surface area contributed by atoms with Gasteiger partial charge in [-0.1, -0.05) is 0 Å². The molecule has 0 N–H and O–H groups in total. The second-order valence-corrected chi connectivity index (χ2v) is 7.30. The summed E-state index contributed by atoms with van der Waals surface area (Å²) >= 11 is 0. The number of amides is 1. The summed E-state index contributed by atoms with van der Waals surface area (Å²) in [6, 6.07) is 14.0. The third kappa shape index (κ3) is 4.38. The first-order valence-electron chi connectivity index (χ1n) is 9.98. The second kappa shape index (κ2) is 8.87. The molecule has 1 fully saturated rings. The van der Waals surface area contributed by atoms with E-state index in [0.717, 1.165) is 0 Å². The number of ketones is 1. The van der Waals surface area contributed by atoms with Gasteiger partial charge in [0, 0.05) is 24.6 Å². The minimum atomic E-state index is -0.115. The van der Waals surface area contributed by atoms with Gasteiger partial charge in [-0.2, -0.15) is 5.26 Å². The van der Waals surface area contributed by atoms with E-state index in [1.54, 1.807) is 47.4 Å². The summed E-state index contributed by atoms with van der Waals surface area (Å²) in [5.41, 5.74) is 1.16. The predicted octanol–water partition coefficient (Wildman–Crippen LogP) is 2.83. The van der Waals surface area contributed by atoms with Crippen molar-refractivity contribution in [2.24, 2.45) is 5.92 Å². The molecule has 0 aromatic heterocycles. The lowest BCUT2D eigenvalue weighted by Crippen LogP contribution is -2.42. The number of nitrogens with zero attached hydrogens (tertiary/aromatic N) is 2. The minimum absolute atomic E-state index is 0.0628. The number of fused-ring (bicyclic) bond motifs is 1. The topological polar surface area (TPSA) is 88.9 Å². The van der Waals surface area contributed by atoms with Crippen molar-refractivity contribution in [2.75, 3.05) is 32.9 Å². The summed E-state index contributed by atoms with van der Waals surface area (Å²) in [5, 5.41) is 8.81. The van der Waals surface area contributed by atoms with Crippen LogP contribution in [0.15, 0.2) is 42.5 Å². The van der Waals surface area contributed by atoms with Gasteiger partial charge in [0.25, 0.3) is 5.91 Å². The number of hydrogen-bond acceptors (Lipinski definition) is 6. The lowest BCUT2D eigenvalue weighted by atomic mass is 9.88. The van der Waals surface area contributed by atoms with Gasteiger partial charge >= 0.3 is 0 Å². The maximum absolute atomic E-state index is 12.9. The fourth-order valence-corrected chi connectivity index (χ4v) is 3.69. The van der Waals surface area contributed by atoms with Crippen LogP contribution >= 0.6 is 0 Å². The normalized spacial score (nSPS) is 15.9. The third-order valence-corrected chi connectivity index (χ3v) is 5.39. The highest BCUT2D eigenvalue weighted by Gasteiger charge is 2.29. The second-order valence-electron chi connectivity index (χ2n) is 7.30. The van der Waals surface area contributed by atoms with Crippen molar-refractivity contribution in [1.82, 2.24) is 4.90 Å². The number of rotatable bonds is 5. The number of hydrogen-bond donors (Lipinski definition) is 0. The van der Waals surface area contributed by atoms with Crippen molar-refractivity contribution >= 4 is 11.7 Å². The van der Waals surface area contributed by atoms with Gasteiger partial charge in [-0.15, -0.1) is 0 Å². The predicted molar refractivity (Wildman–Crippen MR) is 108 cm³/mol. The zero-order valence-electron chi connectivity index (χ0n) is 16.5. The molecule has 4 rings (SSSR count). The lowest BCUT2D eigenvalue weighted by Gasteiger charge is -2.31. The summed E-state index contributed by atoms with van der Waals surface area (Å²) in [4.78, 5) is 27.0. The minimum Gasteiger partial charge on any atom is -0.486 e. The van der Waals surface area contributed by atoms with Crippen molar-refractivity contribution in [3.05, 3.63) is 53.6 Å². The van der Waals surface area contributed by atoms with Gasteiger partial charge in [-0.3, -0.25) is 9.59 Å². The molecule has 154 valence electrons. The van der Waals surface area contributed by atoms with Crippen LogP contribution in [0.1, 0.15) is 28.8 Å². The summed E-state index contributed by atoms with van der Waals surface area (Å²) in [6.07, 6.45) is 1.24. The van der Waals surface area contributed by atoms with E-state index < -0.39 is 0 Å². The largest absolute Gasteiger partial charge is 0.486 e. The van der Waals surface area contributed by atoms with Gasteiger partial charge in [0.05, 0.1) is 11.6 Å². The lowest BCUT2D eigenvalue weighted by molar-refractivity contribution is -0.134. The van der Waals surface area contributed by atoms with E-state index in [9.17, 15) is 9.59 Å². The Morgan fingerprint density at radius 1 is 1.03 bits per heavy atom. The van der Waals surface area contributed by atoms with Gasteiger partial charge in [0.1, 0.15) is 19.0 Å². The molecule has 2 aliphatic heterocycles. The maximum atomic E-state index is 12.9.